The van der Waals surface area contributed by atoms with Gasteiger partial charge in [0, 0.05) is 16.8 Å². The Bertz CT molecular complexity index is 979. The Hall–Kier alpha value is -3.59. The summed E-state index contributed by atoms with van der Waals surface area (Å²) in [6.07, 6.45) is 2.06. The molecule has 2 aromatic rings. The molecule has 0 aliphatic rings. The number of hydrogen-bond donors (Lipinski definition) is 3. The van der Waals surface area contributed by atoms with E-state index in [2.05, 4.69) is 21.2 Å². The van der Waals surface area contributed by atoms with Gasteiger partial charge in [-0.2, -0.15) is 5.10 Å². The largest absolute Gasteiger partial charge is 0.493 e. The maximum absolute atomic E-state index is 12.1. The van der Waals surface area contributed by atoms with Crippen LogP contribution in [0.3, 0.4) is 0 Å². The Kier molecular flexibility index (Phi) is 9.49. The van der Waals surface area contributed by atoms with E-state index >= 15 is 0 Å². The van der Waals surface area contributed by atoms with Gasteiger partial charge in [0.25, 0.3) is 5.91 Å². The summed E-state index contributed by atoms with van der Waals surface area (Å²) in [5.41, 5.74) is 3.35. The van der Waals surface area contributed by atoms with Gasteiger partial charge in [-0.1, -0.05) is 18.5 Å². The van der Waals surface area contributed by atoms with Crippen LogP contribution in [-0.2, 0) is 14.4 Å². The molecule has 0 aliphatic carbocycles. The number of nitrogens with zero attached hydrogens (tertiary/aromatic N) is 1. The molecule has 0 radical (unpaired) electrons. The zero-order valence-electron chi connectivity index (χ0n) is 18.0. The molecule has 170 valence electrons. The van der Waals surface area contributed by atoms with E-state index in [9.17, 15) is 14.4 Å². The van der Waals surface area contributed by atoms with E-state index in [1.807, 2.05) is 6.92 Å². The Balaban J connectivity index is 1.90. The number of benzene rings is 2. The number of ether oxygens (including phenoxy) is 2. The van der Waals surface area contributed by atoms with Crippen molar-refractivity contribution in [3.63, 3.8) is 0 Å². The van der Waals surface area contributed by atoms with Crippen molar-refractivity contribution in [2.75, 3.05) is 19.0 Å². The normalized spacial score (nSPS) is 11.5. The lowest BCUT2D eigenvalue weighted by atomic mass is 10.2. The molecule has 0 saturated carbocycles. The second kappa shape index (κ2) is 12.3. The van der Waals surface area contributed by atoms with Gasteiger partial charge in [0.2, 0.25) is 0 Å². The van der Waals surface area contributed by atoms with Crippen LogP contribution < -0.4 is 25.5 Å². The van der Waals surface area contributed by atoms with Crippen molar-refractivity contribution >= 4 is 41.2 Å². The molecule has 32 heavy (non-hydrogen) atoms. The summed E-state index contributed by atoms with van der Waals surface area (Å²) in [7, 11) is 1.46. The van der Waals surface area contributed by atoms with E-state index in [1.54, 1.807) is 49.4 Å². The fourth-order valence-electron chi connectivity index (χ4n) is 2.36. The minimum atomic E-state index is -0.861. The fraction of sp³-hybridized carbons (Fsp3) is 0.273. The number of carbonyl (C=O) groups is 3. The first kappa shape index (κ1) is 24.7. The highest BCUT2D eigenvalue weighted by atomic mass is 35.5. The van der Waals surface area contributed by atoms with Crippen LogP contribution in [0.15, 0.2) is 47.6 Å². The number of hydrazone groups is 1. The number of carbonyl (C=O) groups excluding carboxylic acids is 3. The third-order valence-corrected chi connectivity index (χ3v) is 4.50. The highest BCUT2D eigenvalue weighted by Gasteiger charge is 2.14. The van der Waals surface area contributed by atoms with E-state index in [4.69, 9.17) is 21.1 Å². The molecule has 0 aliphatic heterocycles. The molecule has 10 heteroatoms. The molecule has 0 heterocycles. The lowest BCUT2D eigenvalue weighted by molar-refractivity contribution is -0.139. The fourth-order valence-corrected chi connectivity index (χ4v) is 2.49. The quantitative estimate of drug-likeness (QED) is 0.302. The molecule has 9 nitrogen and oxygen atoms in total. The lowest BCUT2D eigenvalue weighted by Gasteiger charge is -2.11. The molecule has 0 fully saturated rings. The van der Waals surface area contributed by atoms with E-state index in [0.717, 1.165) is 0 Å². The Morgan fingerprint density at radius 2 is 1.81 bits per heavy atom. The third kappa shape index (κ3) is 7.92. The average Bonchev–Trinajstić information content (AvgIpc) is 2.79. The second-order valence-electron chi connectivity index (χ2n) is 6.74. The number of anilines is 1. The first-order chi connectivity index (χ1) is 15.3. The summed E-state index contributed by atoms with van der Waals surface area (Å²) < 4.78 is 10.8. The lowest BCUT2D eigenvalue weighted by Crippen LogP contribution is -2.41. The van der Waals surface area contributed by atoms with Crippen LogP contribution in [-0.4, -0.2) is 43.7 Å². The van der Waals surface area contributed by atoms with Gasteiger partial charge in [0.05, 0.1) is 13.3 Å². The predicted octanol–water partition coefficient (Wildman–Crippen LogP) is 2.73. The molecule has 3 N–H and O–H groups in total. The molecule has 1 atom stereocenters. The van der Waals surface area contributed by atoms with Gasteiger partial charge in [-0.25, -0.2) is 5.43 Å². The topological polar surface area (TPSA) is 118 Å². The Morgan fingerprint density at radius 1 is 1.09 bits per heavy atom. The number of rotatable bonds is 9. The molecule has 2 aromatic carbocycles. The van der Waals surface area contributed by atoms with Crippen LogP contribution in [0.2, 0.25) is 5.02 Å². The van der Waals surface area contributed by atoms with Gasteiger partial charge in [-0.15, -0.1) is 0 Å². The minimum Gasteiger partial charge on any atom is -0.493 e. The van der Waals surface area contributed by atoms with E-state index < -0.39 is 11.8 Å². The van der Waals surface area contributed by atoms with Crippen molar-refractivity contribution in [3.8, 4) is 11.5 Å². The molecule has 0 spiro atoms. The van der Waals surface area contributed by atoms with Gasteiger partial charge in [0.15, 0.2) is 18.1 Å². The summed E-state index contributed by atoms with van der Waals surface area (Å²) >= 11 is 5.82. The number of methoxy groups -OCH3 is 1. The van der Waals surface area contributed by atoms with Crippen LogP contribution in [0.1, 0.15) is 25.8 Å². The summed E-state index contributed by atoms with van der Waals surface area (Å²) in [6, 6.07) is 11.5. The number of hydrogen-bond acceptors (Lipinski definition) is 6. The van der Waals surface area contributed by atoms with Crippen molar-refractivity contribution in [1.29, 1.82) is 0 Å². The van der Waals surface area contributed by atoms with Crippen LogP contribution >= 0.6 is 11.6 Å². The van der Waals surface area contributed by atoms with Crippen LogP contribution in [0.25, 0.3) is 0 Å². The molecule has 3 amide bonds. The number of halogens is 1. The molecule has 0 aromatic heterocycles. The standard InChI is InChI=1S/C22H25ClN4O5/c1-4-14(2)25-21(29)22(30)27-24-12-15-5-10-18(19(11-15)31-3)32-13-20(28)26-17-8-6-16(23)7-9-17/h5-12,14H,4,13H2,1-3H3,(H,25,29)(H,26,28)(H,27,30)/b24-12-/t14-/m0/s1. The van der Waals surface area contributed by atoms with E-state index in [-0.39, 0.29) is 18.6 Å². The summed E-state index contributed by atoms with van der Waals surface area (Å²) in [5.74, 6) is -1.24. The zero-order chi connectivity index (χ0) is 23.5. The minimum absolute atomic E-state index is 0.109. The van der Waals surface area contributed by atoms with Crippen LogP contribution in [0, 0.1) is 0 Å². The maximum Gasteiger partial charge on any atom is 0.329 e. The summed E-state index contributed by atoms with van der Waals surface area (Å²) in [6.45, 7) is 3.47. The summed E-state index contributed by atoms with van der Waals surface area (Å²) in [5, 5.41) is 9.58. The van der Waals surface area contributed by atoms with Crippen molar-refractivity contribution in [1.82, 2.24) is 10.7 Å². The monoisotopic (exact) mass is 460 g/mol. The van der Waals surface area contributed by atoms with E-state index in [1.165, 1.54) is 13.3 Å². The van der Waals surface area contributed by atoms with Crippen molar-refractivity contribution in [2.24, 2.45) is 5.10 Å². The third-order valence-electron chi connectivity index (χ3n) is 4.25. The Labute approximate surface area is 191 Å². The molecule has 0 unspecified atom stereocenters. The van der Waals surface area contributed by atoms with E-state index in [0.29, 0.717) is 34.2 Å². The van der Waals surface area contributed by atoms with Crippen molar-refractivity contribution in [3.05, 3.63) is 53.1 Å². The van der Waals surface area contributed by atoms with Crippen LogP contribution in [0.5, 0.6) is 11.5 Å². The predicted molar refractivity (Wildman–Crippen MR) is 122 cm³/mol. The molecule has 0 bridgehead atoms. The first-order valence-electron chi connectivity index (χ1n) is 9.82. The highest BCUT2D eigenvalue weighted by Crippen LogP contribution is 2.27. The first-order valence-corrected chi connectivity index (χ1v) is 10.2. The van der Waals surface area contributed by atoms with Gasteiger partial charge >= 0.3 is 11.8 Å². The van der Waals surface area contributed by atoms with Gasteiger partial charge < -0.3 is 20.1 Å². The molecule has 2 rings (SSSR count). The molecular weight excluding hydrogens is 436 g/mol. The van der Waals surface area contributed by atoms with Crippen molar-refractivity contribution < 1.29 is 23.9 Å². The zero-order valence-corrected chi connectivity index (χ0v) is 18.7. The summed E-state index contributed by atoms with van der Waals surface area (Å²) in [4.78, 5) is 35.5. The molecular formula is C22H25ClN4O5. The second-order valence-corrected chi connectivity index (χ2v) is 7.17. The number of nitrogens with one attached hydrogen (secondary N) is 3. The van der Waals surface area contributed by atoms with Crippen LogP contribution in [0.4, 0.5) is 5.69 Å². The SMILES string of the molecule is CC[C@H](C)NC(=O)C(=O)N/N=C\c1ccc(OCC(=O)Nc2ccc(Cl)cc2)c(OC)c1. The van der Waals surface area contributed by atoms with Gasteiger partial charge in [-0.3, -0.25) is 14.4 Å². The number of amides is 3. The highest BCUT2D eigenvalue weighted by molar-refractivity contribution is 6.35. The molecule has 0 saturated heterocycles. The smallest absolute Gasteiger partial charge is 0.329 e. The van der Waals surface area contributed by atoms with Gasteiger partial charge in [0.1, 0.15) is 0 Å². The maximum atomic E-state index is 12.1. The average molecular weight is 461 g/mol. The Morgan fingerprint density at radius 3 is 2.47 bits per heavy atom. The van der Waals surface area contributed by atoms with Crippen molar-refractivity contribution in [2.45, 2.75) is 26.3 Å². The van der Waals surface area contributed by atoms with Gasteiger partial charge in [-0.05, 0) is 61.4 Å².